The molecule has 1 amide bonds. The Balaban J connectivity index is 1.56. The Morgan fingerprint density at radius 2 is 1.76 bits per heavy atom. The zero-order chi connectivity index (χ0) is 24.5. The van der Waals surface area contributed by atoms with Crippen LogP contribution in [-0.4, -0.2) is 15.3 Å². The van der Waals surface area contributed by atoms with Crippen LogP contribution in [0.5, 0.6) is 0 Å². The molecule has 11 heteroatoms. The lowest BCUT2D eigenvalue weighted by atomic mass is 10.1. The summed E-state index contributed by atoms with van der Waals surface area (Å²) in [6, 6.07) is 12.1. The monoisotopic (exact) mass is 490 g/mol. The summed E-state index contributed by atoms with van der Waals surface area (Å²) in [5.41, 5.74) is -1.19. The van der Waals surface area contributed by atoms with Gasteiger partial charge in [0.05, 0.1) is 22.8 Å². The number of halogens is 5. The van der Waals surface area contributed by atoms with Crippen LogP contribution in [0.2, 0.25) is 5.02 Å². The molecule has 2 N–H and O–H groups in total. The van der Waals surface area contributed by atoms with Crippen LogP contribution in [0.25, 0.3) is 5.65 Å². The Morgan fingerprint density at radius 1 is 1.03 bits per heavy atom. The van der Waals surface area contributed by atoms with Gasteiger partial charge >= 0.3 is 6.18 Å². The summed E-state index contributed by atoms with van der Waals surface area (Å²) in [4.78, 5) is 28.8. The number of hydrogen-bond donors (Lipinski definition) is 2. The van der Waals surface area contributed by atoms with Gasteiger partial charge < -0.3 is 10.6 Å². The van der Waals surface area contributed by atoms with Crippen molar-refractivity contribution in [1.82, 2.24) is 9.38 Å². The molecule has 0 fully saturated rings. The molecule has 34 heavy (non-hydrogen) atoms. The molecule has 0 spiro atoms. The van der Waals surface area contributed by atoms with Crippen LogP contribution in [0.3, 0.4) is 0 Å². The number of carbonyl (C=O) groups excluding carboxylic acids is 1. The molecule has 0 aliphatic rings. The van der Waals surface area contributed by atoms with Crippen molar-refractivity contribution in [2.75, 3.05) is 10.6 Å². The van der Waals surface area contributed by atoms with E-state index in [1.54, 1.807) is 6.07 Å². The van der Waals surface area contributed by atoms with E-state index in [0.29, 0.717) is 10.7 Å². The molecule has 4 aromatic rings. The molecule has 174 valence electrons. The topological polar surface area (TPSA) is 75.5 Å². The molecule has 0 radical (unpaired) electrons. The summed E-state index contributed by atoms with van der Waals surface area (Å²) in [6.45, 7) is -0.154. The lowest BCUT2D eigenvalue weighted by molar-refractivity contribution is -0.136. The van der Waals surface area contributed by atoms with Crippen LogP contribution in [0, 0.1) is 5.82 Å². The summed E-state index contributed by atoms with van der Waals surface area (Å²) >= 11 is 5.87. The van der Waals surface area contributed by atoms with Gasteiger partial charge in [0.2, 0.25) is 0 Å². The van der Waals surface area contributed by atoms with Gasteiger partial charge in [-0.15, -0.1) is 0 Å². The molecule has 0 aliphatic carbocycles. The SMILES string of the molecule is O=C(Nc1ccc(NCc2cc(=O)n3cc(Cl)ccc3n2)c(C(F)(F)F)c1)c1ccc(F)cc1. The number of pyridine rings is 1. The summed E-state index contributed by atoms with van der Waals surface area (Å²) in [5.74, 6) is -1.23. The predicted molar refractivity (Wildman–Crippen MR) is 120 cm³/mol. The van der Waals surface area contributed by atoms with Gasteiger partial charge in [-0.05, 0) is 54.6 Å². The molecule has 2 heterocycles. The highest BCUT2D eigenvalue weighted by molar-refractivity contribution is 6.30. The van der Waals surface area contributed by atoms with Crippen molar-refractivity contribution >= 4 is 34.5 Å². The lowest BCUT2D eigenvalue weighted by Gasteiger charge is -2.16. The van der Waals surface area contributed by atoms with E-state index in [4.69, 9.17) is 11.6 Å². The molecular formula is C23H15ClF4N4O2. The highest BCUT2D eigenvalue weighted by Crippen LogP contribution is 2.37. The third kappa shape index (κ3) is 5.18. The molecule has 2 aromatic heterocycles. The summed E-state index contributed by atoms with van der Waals surface area (Å²) in [6.07, 6.45) is -3.34. The fraction of sp³-hybridized carbons (Fsp3) is 0.0870. The Hall–Kier alpha value is -3.92. The van der Waals surface area contributed by atoms with Gasteiger partial charge in [0, 0.05) is 29.2 Å². The van der Waals surface area contributed by atoms with Crippen LogP contribution < -0.4 is 16.2 Å². The van der Waals surface area contributed by atoms with Gasteiger partial charge in [0.1, 0.15) is 11.5 Å². The third-order valence-electron chi connectivity index (χ3n) is 4.83. The number of anilines is 2. The Kier molecular flexibility index (Phi) is 6.25. The van der Waals surface area contributed by atoms with Gasteiger partial charge in [0.25, 0.3) is 11.5 Å². The number of alkyl halides is 3. The first-order valence-electron chi connectivity index (χ1n) is 9.80. The maximum atomic E-state index is 13.7. The van der Waals surface area contributed by atoms with Crippen molar-refractivity contribution < 1.29 is 22.4 Å². The first kappa shape index (κ1) is 23.2. The number of carbonyl (C=O) groups is 1. The fourth-order valence-electron chi connectivity index (χ4n) is 3.22. The van der Waals surface area contributed by atoms with Crippen LogP contribution in [0.4, 0.5) is 28.9 Å². The smallest absolute Gasteiger partial charge is 0.379 e. The zero-order valence-electron chi connectivity index (χ0n) is 17.2. The van der Waals surface area contributed by atoms with E-state index in [0.717, 1.165) is 24.3 Å². The second-order valence-electron chi connectivity index (χ2n) is 7.23. The van der Waals surface area contributed by atoms with Crippen LogP contribution in [-0.2, 0) is 12.7 Å². The second kappa shape index (κ2) is 9.14. The maximum absolute atomic E-state index is 13.7. The average molecular weight is 491 g/mol. The first-order chi connectivity index (χ1) is 16.1. The second-order valence-corrected chi connectivity index (χ2v) is 7.67. The number of hydrogen-bond acceptors (Lipinski definition) is 4. The number of nitrogens with zero attached hydrogens (tertiary/aromatic N) is 2. The minimum absolute atomic E-state index is 0.0899. The van der Waals surface area contributed by atoms with Crippen molar-refractivity contribution in [1.29, 1.82) is 0 Å². The van der Waals surface area contributed by atoms with E-state index in [2.05, 4.69) is 15.6 Å². The van der Waals surface area contributed by atoms with E-state index in [9.17, 15) is 27.2 Å². The normalized spacial score (nSPS) is 11.4. The van der Waals surface area contributed by atoms with E-state index < -0.39 is 29.0 Å². The summed E-state index contributed by atoms with van der Waals surface area (Å²) in [5, 5.41) is 5.35. The molecule has 0 aliphatic heterocycles. The largest absolute Gasteiger partial charge is 0.418 e. The number of nitrogens with one attached hydrogen (secondary N) is 2. The van der Waals surface area contributed by atoms with Gasteiger partial charge in [-0.25, -0.2) is 9.37 Å². The minimum atomic E-state index is -4.73. The van der Waals surface area contributed by atoms with Crippen LogP contribution >= 0.6 is 11.6 Å². The molecule has 2 aromatic carbocycles. The number of rotatable bonds is 5. The zero-order valence-corrected chi connectivity index (χ0v) is 17.9. The number of fused-ring (bicyclic) bond motifs is 1. The van der Waals surface area contributed by atoms with E-state index in [1.807, 2.05) is 0 Å². The maximum Gasteiger partial charge on any atom is 0.418 e. The van der Waals surface area contributed by atoms with Crippen molar-refractivity contribution in [2.45, 2.75) is 12.7 Å². The highest BCUT2D eigenvalue weighted by Gasteiger charge is 2.34. The molecule has 4 rings (SSSR count). The molecule has 0 saturated heterocycles. The minimum Gasteiger partial charge on any atom is -0.379 e. The molecule has 0 bridgehead atoms. The Bertz CT molecular complexity index is 1440. The molecule has 6 nitrogen and oxygen atoms in total. The van der Waals surface area contributed by atoms with Crippen molar-refractivity contribution in [3.8, 4) is 0 Å². The summed E-state index contributed by atoms with van der Waals surface area (Å²) in [7, 11) is 0. The standard InChI is InChI=1S/C23H15ClF4N4O2/c24-14-3-8-20-30-17(10-21(33)32(20)12-14)11-29-19-7-6-16(9-18(19)23(26,27)28)31-22(34)13-1-4-15(25)5-2-13/h1-10,12,29H,11H2,(H,31,34). The number of benzene rings is 2. The van der Waals surface area contributed by atoms with E-state index in [-0.39, 0.29) is 29.2 Å². The number of aromatic nitrogens is 2. The quantitative estimate of drug-likeness (QED) is 0.369. The van der Waals surface area contributed by atoms with Gasteiger partial charge in [0.15, 0.2) is 0 Å². The number of amides is 1. The van der Waals surface area contributed by atoms with Crippen molar-refractivity contribution in [3.05, 3.63) is 105 Å². The molecular weight excluding hydrogens is 476 g/mol. The van der Waals surface area contributed by atoms with Gasteiger partial charge in [-0.3, -0.25) is 14.0 Å². The average Bonchev–Trinajstić information content (AvgIpc) is 2.78. The van der Waals surface area contributed by atoms with E-state index >= 15 is 0 Å². The third-order valence-corrected chi connectivity index (χ3v) is 5.05. The Labute approximate surface area is 194 Å². The van der Waals surface area contributed by atoms with Crippen LogP contribution in [0.1, 0.15) is 21.6 Å². The van der Waals surface area contributed by atoms with Crippen molar-refractivity contribution in [3.63, 3.8) is 0 Å². The van der Waals surface area contributed by atoms with E-state index in [1.165, 1.54) is 40.9 Å². The lowest BCUT2D eigenvalue weighted by Crippen LogP contribution is -2.18. The van der Waals surface area contributed by atoms with Crippen LogP contribution in [0.15, 0.2) is 71.7 Å². The first-order valence-corrected chi connectivity index (χ1v) is 10.2. The van der Waals surface area contributed by atoms with Gasteiger partial charge in [-0.2, -0.15) is 13.2 Å². The summed E-state index contributed by atoms with van der Waals surface area (Å²) < 4.78 is 55.3. The molecule has 0 unspecified atom stereocenters. The van der Waals surface area contributed by atoms with Crippen molar-refractivity contribution in [2.24, 2.45) is 0 Å². The highest BCUT2D eigenvalue weighted by atomic mass is 35.5. The van der Waals surface area contributed by atoms with Gasteiger partial charge in [-0.1, -0.05) is 11.6 Å². The fourth-order valence-corrected chi connectivity index (χ4v) is 3.38. The Morgan fingerprint density at radius 3 is 2.47 bits per heavy atom. The molecule has 0 atom stereocenters. The molecule has 0 saturated carbocycles. The predicted octanol–water partition coefficient (Wildman–Crippen LogP) is 5.37.